The highest BCUT2D eigenvalue weighted by molar-refractivity contribution is 5.69. The molecule has 0 spiro atoms. The molecule has 0 bridgehead atoms. The first-order chi connectivity index (χ1) is 25.4. The van der Waals surface area contributed by atoms with E-state index in [9.17, 15) is 9.59 Å². The van der Waals surface area contributed by atoms with Crippen molar-refractivity contribution in [2.24, 2.45) is 17.8 Å². The normalized spacial score (nSPS) is 11.8. The van der Waals surface area contributed by atoms with Crippen molar-refractivity contribution in [3.8, 4) is 0 Å². The molecule has 0 heterocycles. The smallest absolute Gasteiger partial charge is 0.305 e. The second kappa shape index (κ2) is 39.6. The molecular formula is C47H93NO4. The highest BCUT2D eigenvalue weighted by atomic mass is 16.5. The summed E-state index contributed by atoms with van der Waals surface area (Å²) in [5.74, 6) is 2.25. The average molecular weight is 736 g/mol. The summed E-state index contributed by atoms with van der Waals surface area (Å²) in [6, 6.07) is 0. The zero-order valence-electron chi connectivity index (χ0n) is 36.3. The average Bonchev–Trinajstić information content (AvgIpc) is 3.13. The molecule has 0 aromatic rings. The monoisotopic (exact) mass is 736 g/mol. The molecule has 0 atom stereocenters. The van der Waals surface area contributed by atoms with Gasteiger partial charge >= 0.3 is 11.9 Å². The van der Waals surface area contributed by atoms with Gasteiger partial charge in [-0.1, -0.05) is 189 Å². The molecule has 0 N–H and O–H groups in total. The predicted octanol–water partition coefficient (Wildman–Crippen LogP) is 14.4. The Balaban J connectivity index is 4.07. The zero-order chi connectivity index (χ0) is 38.3. The van der Waals surface area contributed by atoms with Gasteiger partial charge in [0.25, 0.3) is 0 Å². The summed E-state index contributed by atoms with van der Waals surface area (Å²) in [5.41, 5.74) is 0. The van der Waals surface area contributed by atoms with Crippen LogP contribution in [0, 0.1) is 17.8 Å². The summed E-state index contributed by atoms with van der Waals surface area (Å²) in [5, 5.41) is 0. The molecule has 5 nitrogen and oxygen atoms in total. The summed E-state index contributed by atoms with van der Waals surface area (Å²) >= 11 is 0. The lowest BCUT2D eigenvalue weighted by atomic mass is 9.92. The molecule has 0 unspecified atom stereocenters. The third kappa shape index (κ3) is 34.7. The molecule has 0 saturated heterocycles. The number of unbranched alkanes of at least 4 members (excludes halogenated alkanes) is 16. The summed E-state index contributed by atoms with van der Waals surface area (Å²) in [6.45, 7) is 14.9. The van der Waals surface area contributed by atoms with Gasteiger partial charge in [0.1, 0.15) is 0 Å². The third-order valence-corrected chi connectivity index (χ3v) is 11.5. The summed E-state index contributed by atoms with van der Waals surface area (Å²) in [7, 11) is 2.25. The van der Waals surface area contributed by atoms with Crippen LogP contribution in [-0.2, 0) is 19.1 Å². The second-order valence-electron chi connectivity index (χ2n) is 16.6. The SMILES string of the molecule is CCCCCC(CCCCC)CCOC(=O)CCCCCCCC(CCCCCCCC(=O)OCCC(CCCCC)CCCCC)CN(C)CC. The fourth-order valence-corrected chi connectivity index (χ4v) is 7.78. The molecule has 52 heavy (non-hydrogen) atoms. The third-order valence-electron chi connectivity index (χ3n) is 11.5. The molecule has 0 radical (unpaired) electrons. The number of rotatable bonds is 41. The Kier molecular flexibility index (Phi) is 38.8. The molecule has 0 fully saturated rings. The minimum Gasteiger partial charge on any atom is -0.466 e. The van der Waals surface area contributed by atoms with Crippen LogP contribution >= 0.6 is 0 Å². The van der Waals surface area contributed by atoms with Gasteiger partial charge in [-0.3, -0.25) is 9.59 Å². The van der Waals surface area contributed by atoms with E-state index >= 15 is 0 Å². The van der Waals surface area contributed by atoms with Crippen LogP contribution in [0.5, 0.6) is 0 Å². The van der Waals surface area contributed by atoms with Crippen LogP contribution < -0.4 is 0 Å². The van der Waals surface area contributed by atoms with Crippen LogP contribution in [0.4, 0.5) is 0 Å². The Labute approximate surface area is 326 Å². The summed E-state index contributed by atoms with van der Waals surface area (Å²) < 4.78 is 11.3. The zero-order valence-corrected chi connectivity index (χ0v) is 36.3. The molecule has 0 aromatic heterocycles. The Morgan fingerprint density at radius 3 is 1.06 bits per heavy atom. The van der Waals surface area contributed by atoms with Gasteiger partial charge in [-0.05, 0) is 69.9 Å². The maximum Gasteiger partial charge on any atom is 0.305 e. The van der Waals surface area contributed by atoms with E-state index in [-0.39, 0.29) is 11.9 Å². The molecule has 0 saturated carbocycles. The van der Waals surface area contributed by atoms with E-state index in [0.717, 1.165) is 62.8 Å². The van der Waals surface area contributed by atoms with E-state index in [4.69, 9.17) is 9.47 Å². The number of esters is 2. The lowest BCUT2D eigenvalue weighted by molar-refractivity contribution is -0.145. The Morgan fingerprint density at radius 2 is 0.712 bits per heavy atom. The van der Waals surface area contributed by atoms with Crippen molar-refractivity contribution in [1.29, 1.82) is 0 Å². The van der Waals surface area contributed by atoms with Crippen molar-refractivity contribution in [3.63, 3.8) is 0 Å². The van der Waals surface area contributed by atoms with Crippen molar-refractivity contribution in [2.75, 3.05) is 33.4 Å². The molecule has 0 aliphatic carbocycles. The molecule has 310 valence electrons. The van der Waals surface area contributed by atoms with Crippen LogP contribution in [0.15, 0.2) is 0 Å². The van der Waals surface area contributed by atoms with E-state index in [1.54, 1.807) is 0 Å². The van der Waals surface area contributed by atoms with Crippen LogP contribution in [0.2, 0.25) is 0 Å². The highest BCUT2D eigenvalue weighted by Crippen LogP contribution is 2.23. The van der Waals surface area contributed by atoms with Crippen LogP contribution in [0.3, 0.4) is 0 Å². The minimum atomic E-state index is 0.0122. The van der Waals surface area contributed by atoms with Crippen LogP contribution in [-0.4, -0.2) is 50.2 Å². The van der Waals surface area contributed by atoms with Crippen molar-refractivity contribution >= 4 is 11.9 Å². The van der Waals surface area contributed by atoms with E-state index < -0.39 is 0 Å². The van der Waals surface area contributed by atoms with Gasteiger partial charge in [-0.25, -0.2) is 0 Å². The van der Waals surface area contributed by atoms with Gasteiger partial charge in [-0.15, -0.1) is 0 Å². The first-order valence-corrected chi connectivity index (χ1v) is 23.4. The van der Waals surface area contributed by atoms with Gasteiger partial charge in [0.15, 0.2) is 0 Å². The molecule has 0 aliphatic heterocycles. The van der Waals surface area contributed by atoms with E-state index in [0.29, 0.717) is 26.1 Å². The Bertz CT molecular complexity index is 682. The quantitative estimate of drug-likeness (QED) is 0.0462. The van der Waals surface area contributed by atoms with Gasteiger partial charge in [0.2, 0.25) is 0 Å². The topological polar surface area (TPSA) is 55.8 Å². The standard InChI is InChI=1S/C47H93NO4/c1-7-12-22-30-43(31-23-13-8-2)38-40-51-46(49)36-28-20-16-18-26-34-45(42-48(6)11-5)35-27-19-17-21-29-37-47(50)52-41-39-44(32-24-14-9-3)33-25-15-10-4/h43-45H,7-42H2,1-6H3. The molecule has 0 amide bonds. The first kappa shape index (κ1) is 50.9. The van der Waals surface area contributed by atoms with Gasteiger partial charge in [-0.2, -0.15) is 0 Å². The largest absolute Gasteiger partial charge is 0.466 e. The lowest BCUT2D eigenvalue weighted by Crippen LogP contribution is -2.25. The van der Waals surface area contributed by atoms with E-state index in [1.807, 2.05) is 0 Å². The maximum atomic E-state index is 12.3. The number of nitrogens with zero attached hydrogens (tertiary/aromatic N) is 1. The minimum absolute atomic E-state index is 0.0122. The number of ether oxygens (including phenoxy) is 2. The fraction of sp³-hybridized carbons (Fsp3) is 0.957. The van der Waals surface area contributed by atoms with Crippen LogP contribution in [0.1, 0.15) is 240 Å². The molecular weight excluding hydrogens is 643 g/mol. The highest BCUT2D eigenvalue weighted by Gasteiger charge is 2.14. The van der Waals surface area contributed by atoms with Crippen molar-refractivity contribution in [3.05, 3.63) is 0 Å². The number of carbonyl (C=O) groups excluding carboxylic acids is 2. The summed E-state index contributed by atoms with van der Waals surface area (Å²) in [6.07, 6.45) is 38.5. The maximum absolute atomic E-state index is 12.3. The van der Waals surface area contributed by atoms with Crippen molar-refractivity contribution < 1.29 is 19.1 Å². The van der Waals surface area contributed by atoms with Gasteiger partial charge in [0.05, 0.1) is 13.2 Å². The van der Waals surface area contributed by atoms with Crippen molar-refractivity contribution in [2.45, 2.75) is 240 Å². The van der Waals surface area contributed by atoms with Crippen molar-refractivity contribution in [1.82, 2.24) is 4.90 Å². The Morgan fingerprint density at radius 1 is 0.404 bits per heavy atom. The second-order valence-corrected chi connectivity index (χ2v) is 16.6. The molecule has 0 rings (SSSR count). The number of carbonyl (C=O) groups is 2. The van der Waals surface area contributed by atoms with Crippen LogP contribution in [0.25, 0.3) is 0 Å². The lowest BCUT2D eigenvalue weighted by Gasteiger charge is -2.23. The van der Waals surface area contributed by atoms with E-state index in [2.05, 4.69) is 46.6 Å². The summed E-state index contributed by atoms with van der Waals surface area (Å²) in [4.78, 5) is 27.2. The fourth-order valence-electron chi connectivity index (χ4n) is 7.78. The first-order valence-electron chi connectivity index (χ1n) is 23.4. The molecule has 0 aromatic carbocycles. The molecule has 5 heteroatoms. The Hall–Kier alpha value is -1.10. The van der Waals surface area contributed by atoms with E-state index in [1.165, 1.54) is 161 Å². The van der Waals surface area contributed by atoms with Gasteiger partial charge < -0.3 is 14.4 Å². The molecule has 0 aliphatic rings. The predicted molar refractivity (Wildman–Crippen MR) is 226 cm³/mol. The van der Waals surface area contributed by atoms with Gasteiger partial charge in [0, 0.05) is 19.4 Å². The number of hydrogen-bond donors (Lipinski definition) is 0. The number of hydrogen-bond acceptors (Lipinski definition) is 5.